The summed E-state index contributed by atoms with van der Waals surface area (Å²) >= 11 is 0. The van der Waals surface area contributed by atoms with E-state index in [1.54, 1.807) is 0 Å². The quantitative estimate of drug-likeness (QED) is 0.867. The zero-order valence-electron chi connectivity index (χ0n) is 13.5. The molecular weight excluding hydrogens is 266 g/mol. The van der Waals surface area contributed by atoms with Crippen LogP contribution in [0.3, 0.4) is 0 Å². The Hall–Kier alpha value is -0.610. The molecule has 120 valence electrons. The Morgan fingerprint density at radius 1 is 1.24 bits per heavy atom. The molecule has 1 amide bonds. The molecule has 2 saturated carbocycles. The van der Waals surface area contributed by atoms with Crippen LogP contribution in [0.15, 0.2) is 0 Å². The highest BCUT2D eigenvalue weighted by Gasteiger charge is 2.57. The summed E-state index contributed by atoms with van der Waals surface area (Å²) in [6, 6.07) is 0.323. The number of hydrogen-bond donors (Lipinski definition) is 1. The molecule has 1 saturated heterocycles. The van der Waals surface area contributed by atoms with Crippen LogP contribution in [-0.4, -0.2) is 37.9 Å². The number of rotatable bonds is 4. The van der Waals surface area contributed by atoms with Crippen molar-refractivity contribution in [2.45, 2.75) is 70.9 Å². The number of carbonyl (C=O) groups is 1. The SMILES string of the molecule is CCO[C@H]1C[C@H](NC(=O)C2(C)CCOCC2)C12CCCC2. The highest BCUT2D eigenvalue weighted by molar-refractivity contribution is 5.82. The van der Waals surface area contributed by atoms with Crippen LogP contribution in [0.5, 0.6) is 0 Å². The maximum Gasteiger partial charge on any atom is 0.226 e. The fourth-order valence-electron chi connectivity index (χ4n) is 4.47. The summed E-state index contributed by atoms with van der Waals surface area (Å²) in [4.78, 5) is 12.7. The molecule has 1 N–H and O–H groups in total. The summed E-state index contributed by atoms with van der Waals surface area (Å²) in [6.45, 7) is 6.35. The van der Waals surface area contributed by atoms with Crippen molar-refractivity contribution in [3.05, 3.63) is 0 Å². The first-order chi connectivity index (χ1) is 10.1. The predicted octanol–water partition coefficient (Wildman–Crippen LogP) is 2.66. The summed E-state index contributed by atoms with van der Waals surface area (Å²) in [5, 5.41) is 3.37. The van der Waals surface area contributed by atoms with E-state index in [2.05, 4.69) is 19.2 Å². The summed E-state index contributed by atoms with van der Waals surface area (Å²) in [5.41, 5.74) is -0.0120. The van der Waals surface area contributed by atoms with Crippen LogP contribution in [-0.2, 0) is 14.3 Å². The maximum atomic E-state index is 12.7. The summed E-state index contributed by atoms with van der Waals surface area (Å²) in [7, 11) is 0. The lowest BCUT2D eigenvalue weighted by molar-refractivity contribution is -0.153. The molecule has 4 nitrogen and oxygen atoms in total. The fourth-order valence-corrected chi connectivity index (χ4v) is 4.47. The Morgan fingerprint density at radius 3 is 2.52 bits per heavy atom. The van der Waals surface area contributed by atoms with E-state index < -0.39 is 0 Å². The van der Waals surface area contributed by atoms with Crippen LogP contribution in [0.25, 0.3) is 0 Å². The third-order valence-corrected chi connectivity index (χ3v) is 6.14. The first-order valence-electron chi connectivity index (χ1n) is 8.61. The normalized spacial score (nSPS) is 33.6. The number of ether oxygens (including phenoxy) is 2. The summed E-state index contributed by atoms with van der Waals surface area (Å²) < 4.78 is 11.3. The monoisotopic (exact) mass is 295 g/mol. The van der Waals surface area contributed by atoms with E-state index in [1.165, 1.54) is 25.7 Å². The third kappa shape index (κ3) is 2.61. The number of hydrogen-bond acceptors (Lipinski definition) is 3. The minimum atomic E-state index is -0.241. The summed E-state index contributed by atoms with van der Waals surface area (Å²) in [6.07, 6.45) is 8.01. The van der Waals surface area contributed by atoms with Crippen molar-refractivity contribution >= 4 is 5.91 Å². The third-order valence-electron chi connectivity index (χ3n) is 6.14. The molecule has 2 aliphatic carbocycles. The number of carbonyl (C=O) groups excluding carboxylic acids is 1. The molecule has 1 aliphatic heterocycles. The average molecular weight is 295 g/mol. The van der Waals surface area contributed by atoms with E-state index in [4.69, 9.17) is 9.47 Å². The van der Waals surface area contributed by atoms with Gasteiger partial charge in [-0.15, -0.1) is 0 Å². The van der Waals surface area contributed by atoms with Crippen molar-refractivity contribution in [3.8, 4) is 0 Å². The lowest BCUT2D eigenvalue weighted by Gasteiger charge is -2.54. The van der Waals surface area contributed by atoms with Crippen LogP contribution in [0.1, 0.15) is 58.8 Å². The molecule has 0 aromatic carbocycles. The Labute approximate surface area is 127 Å². The molecule has 0 aromatic rings. The molecule has 4 heteroatoms. The van der Waals surface area contributed by atoms with Gasteiger partial charge in [-0.3, -0.25) is 4.79 Å². The lowest BCUT2D eigenvalue weighted by Crippen LogP contribution is -2.65. The van der Waals surface area contributed by atoms with Crippen molar-refractivity contribution in [3.63, 3.8) is 0 Å². The average Bonchev–Trinajstić information content (AvgIpc) is 2.99. The lowest BCUT2D eigenvalue weighted by atomic mass is 9.60. The van der Waals surface area contributed by atoms with E-state index in [0.29, 0.717) is 25.4 Å². The van der Waals surface area contributed by atoms with E-state index in [1.807, 2.05) is 0 Å². The molecule has 2 atom stereocenters. The van der Waals surface area contributed by atoms with Gasteiger partial charge in [0.1, 0.15) is 0 Å². The van der Waals surface area contributed by atoms with Gasteiger partial charge in [-0.25, -0.2) is 0 Å². The van der Waals surface area contributed by atoms with Gasteiger partial charge >= 0.3 is 0 Å². The van der Waals surface area contributed by atoms with Gasteiger partial charge in [0, 0.05) is 31.3 Å². The second kappa shape index (κ2) is 5.88. The Kier molecular flexibility index (Phi) is 4.28. The molecule has 3 aliphatic rings. The second-order valence-electron chi connectivity index (χ2n) is 7.32. The molecule has 21 heavy (non-hydrogen) atoms. The van der Waals surface area contributed by atoms with Crippen LogP contribution >= 0.6 is 0 Å². The molecule has 0 unspecified atom stereocenters. The standard InChI is InChI=1S/C17H29NO3/c1-3-21-14-12-13(17(14)6-4-5-7-17)18-15(19)16(2)8-10-20-11-9-16/h13-14H,3-12H2,1-2H3,(H,18,19)/t13-,14-/m0/s1. The predicted molar refractivity (Wildman–Crippen MR) is 81.0 cm³/mol. The highest BCUT2D eigenvalue weighted by atomic mass is 16.5. The highest BCUT2D eigenvalue weighted by Crippen LogP contribution is 2.55. The number of amides is 1. The summed E-state index contributed by atoms with van der Waals surface area (Å²) in [5.74, 6) is 0.233. The second-order valence-corrected chi connectivity index (χ2v) is 7.32. The van der Waals surface area contributed by atoms with Gasteiger partial charge in [0.15, 0.2) is 0 Å². The van der Waals surface area contributed by atoms with Gasteiger partial charge < -0.3 is 14.8 Å². The number of nitrogens with one attached hydrogen (secondary N) is 1. The first-order valence-corrected chi connectivity index (χ1v) is 8.61. The van der Waals surface area contributed by atoms with Gasteiger partial charge in [0.25, 0.3) is 0 Å². The first kappa shape index (κ1) is 15.3. The van der Waals surface area contributed by atoms with Crippen LogP contribution < -0.4 is 5.32 Å². The van der Waals surface area contributed by atoms with E-state index >= 15 is 0 Å². The zero-order chi connectivity index (χ0) is 14.9. The van der Waals surface area contributed by atoms with Crippen molar-refractivity contribution < 1.29 is 14.3 Å². The molecule has 1 heterocycles. The topological polar surface area (TPSA) is 47.6 Å². The van der Waals surface area contributed by atoms with Crippen molar-refractivity contribution in [1.29, 1.82) is 0 Å². The van der Waals surface area contributed by atoms with Gasteiger partial charge in [-0.1, -0.05) is 19.8 Å². The molecule has 0 radical (unpaired) electrons. The van der Waals surface area contributed by atoms with Crippen LogP contribution in [0.2, 0.25) is 0 Å². The Bertz CT molecular complexity index is 383. The van der Waals surface area contributed by atoms with Gasteiger partial charge in [0.05, 0.1) is 11.5 Å². The largest absolute Gasteiger partial charge is 0.381 e. The van der Waals surface area contributed by atoms with E-state index in [-0.39, 0.29) is 16.7 Å². The Balaban J connectivity index is 1.63. The zero-order valence-corrected chi connectivity index (χ0v) is 13.5. The molecule has 0 aromatic heterocycles. The van der Waals surface area contributed by atoms with Gasteiger partial charge in [0.2, 0.25) is 5.91 Å². The van der Waals surface area contributed by atoms with Crippen LogP contribution in [0.4, 0.5) is 0 Å². The minimum absolute atomic E-state index is 0.229. The fraction of sp³-hybridized carbons (Fsp3) is 0.941. The molecular formula is C17H29NO3. The van der Waals surface area contributed by atoms with Gasteiger partial charge in [-0.2, -0.15) is 0 Å². The minimum Gasteiger partial charge on any atom is -0.381 e. The van der Waals surface area contributed by atoms with E-state index in [9.17, 15) is 4.79 Å². The molecule has 1 spiro atoms. The molecule has 3 fully saturated rings. The Morgan fingerprint density at radius 2 is 1.90 bits per heavy atom. The molecule has 3 rings (SSSR count). The van der Waals surface area contributed by atoms with E-state index in [0.717, 1.165) is 25.9 Å². The molecule has 0 bridgehead atoms. The van der Waals surface area contributed by atoms with Crippen molar-refractivity contribution in [2.75, 3.05) is 19.8 Å². The van der Waals surface area contributed by atoms with Crippen molar-refractivity contribution in [2.24, 2.45) is 10.8 Å². The smallest absolute Gasteiger partial charge is 0.226 e. The van der Waals surface area contributed by atoms with Gasteiger partial charge in [-0.05, 0) is 39.0 Å². The maximum absolute atomic E-state index is 12.7. The van der Waals surface area contributed by atoms with Crippen molar-refractivity contribution in [1.82, 2.24) is 5.32 Å². The van der Waals surface area contributed by atoms with Crippen LogP contribution in [0, 0.1) is 10.8 Å².